The van der Waals surface area contributed by atoms with Gasteiger partial charge < -0.3 is 0 Å². The van der Waals surface area contributed by atoms with Gasteiger partial charge in [0.15, 0.2) is 0 Å². The van der Waals surface area contributed by atoms with Crippen molar-refractivity contribution in [1.29, 1.82) is 0 Å². The summed E-state index contributed by atoms with van der Waals surface area (Å²) in [6.45, 7) is 7.08. The van der Waals surface area contributed by atoms with E-state index in [1.54, 1.807) is 0 Å². The van der Waals surface area contributed by atoms with Gasteiger partial charge in [0.05, 0.1) is 0 Å². The van der Waals surface area contributed by atoms with E-state index in [1.165, 1.54) is 0 Å². The van der Waals surface area contributed by atoms with Gasteiger partial charge in [-0.3, -0.25) is 0 Å². The molecule has 0 heterocycles. The molecule has 0 amide bonds. The molecule has 0 aliphatic heterocycles. The van der Waals surface area contributed by atoms with Crippen molar-refractivity contribution in [2.75, 3.05) is 19.8 Å². The molecule has 0 unspecified atom stereocenters. The van der Waals surface area contributed by atoms with Crippen LogP contribution in [0, 0.1) is 0 Å². The van der Waals surface area contributed by atoms with Crippen molar-refractivity contribution in [3.63, 3.8) is 0 Å². The zero-order chi connectivity index (χ0) is 11.7. The first kappa shape index (κ1) is 14.9. The van der Waals surface area contributed by atoms with Crippen molar-refractivity contribution >= 4 is 20.2 Å². The van der Waals surface area contributed by atoms with Crippen LogP contribution in [0.5, 0.6) is 0 Å². The number of carboxylic acid groups (broad SMARTS) is 1. The third-order valence-corrected chi connectivity index (χ3v) is 8.13. The third-order valence-electron chi connectivity index (χ3n) is 1.74. The summed E-state index contributed by atoms with van der Waals surface area (Å²) in [5.74, 6) is -0.843. The molecule has 0 spiro atoms. The van der Waals surface area contributed by atoms with Crippen LogP contribution < -0.4 is 0 Å². The van der Waals surface area contributed by atoms with Crippen LogP contribution in [0.3, 0.4) is 0 Å². The van der Waals surface area contributed by atoms with Crippen LogP contribution in [-0.2, 0) is 16.1 Å². The monoisotopic (exact) mass is 282 g/mol. The Kier molecular flexibility index (Phi) is 8.03. The molecular weight excluding hydrogens is 261 g/mol. The van der Waals surface area contributed by atoms with Gasteiger partial charge in [-0.25, -0.2) is 0 Å². The standard InChI is InChI=1S/C9H20GeO5/c1-4-13-10(14-5-2,15-6-3)8-7-9(11)12/h4-8H2,1-3H3,(H,11,12). The summed E-state index contributed by atoms with van der Waals surface area (Å²) in [6.07, 6.45) is 0.0417. The molecule has 0 aliphatic rings. The molecule has 0 saturated carbocycles. The molecule has 5 nitrogen and oxygen atoms in total. The SMILES string of the molecule is CC[O][Ge]([CH2]CC(=O)O)([O]CC)[O]CC. The van der Waals surface area contributed by atoms with E-state index in [4.69, 9.17) is 16.4 Å². The molecule has 0 aromatic rings. The molecule has 6 heteroatoms. The first-order chi connectivity index (χ1) is 7.10. The quantitative estimate of drug-likeness (QED) is 0.649. The fourth-order valence-corrected chi connectivity index (χ4v) is 6.55. The zero-order valence-corrected chi connectivity index (χ0v) is 11.7. The molecular formula is C9H20GeO5. The van der Waals surface area contributed by atoms with E-state index in [-0.39, 0.29) is 6.42 Å². The van der Waals surface area contributed by atoms with E-state index in [0.717, 1.165) is 0 Å². The fourth-order valence-electron chi connectivity index (χ4n) is 1.26. The van der Waals surface area contributed by atoms with Crippen LogP contribution in [-0.4, -0.2) is 45.2 Å². The molecule has 0 saturated heterocycles. The van der Waals surface area contributed by atoms with Gasteiger partial charge in [0.1, 0.15) is 0 Å². The minimum absolute atomic E-state index is 0.0417. The van der Waals surface area contributed by atoms with Crippen molar-refractivity contribution < 1.29 is 21.2 Å². The van der Waals surface area contributed by atoms with E-state index in [2.05, 4.69) is 0 Å². The van der Waals surface area contributed by atoms with Gasteiger partial charge in [0.2, 0.25) is 0 Å². The summed E-state index contributed by atoms with van der Waals surface area (Å²) in [5, 5.41) is 9.02. The van der Waals surface area contributed by atoms with Crippen molar-refractivity contribution in [3.8, 4) is 0 Å². The van der Waals surface area contributed by atoms with Crippen LogP contribution in [0.2, 0.25) is 5.25 Å². The molecule has 0 radical (unpaired) electrons. The molecule has 0 fully saturated rings. The second kappa shape index (κ2) is 8.09. The molecule has 0 aliphatic carbocycles. The number of rotatable bonds is 9. The minimum atomic E-state index is -3.28. The van der Waals surface area contributed by atoms with Gasteiger partial charge in [-0.15, -0.1) is 0 Å². The Labute approximate surface area is 94.1 Å². The number of hydrogen-bond donors (Lipinski definition) is 1. The predicted octanol–water partition coefficient (Wildman–Crippen LogP) is 1.51. The number of aliphatic carboxylic acids is 1. The summed E-state index contributed by atoms with van der Waals surface area (Å²) >= 11 is -3.28. The summed E-state index contributed by atoms with van der Waals surface area (Å²) in [5.41, 5.74) is 0. The van der Waals surface area contributed by atoms with E-state index in [0.29, 0.717) is 25.1 Å². The third kappa shape index (κ3) is 6.14. The zero-order valence-electron chi connectivity index (χ0n) is 9.62. The average molecular weight is 281 g/mol. The Morgan fingerprint density at radius 3 is 1.73 bits per heavy atom. The Balaban J connectivity index is 4.37. The van der Waals surface area contributed by atoms with Crippen molar-refractivity contribution in [2.45, 2.75) is 32.4 Å². The topological polar surface area (TPSA) is 65.0 Å². The van der Waals surface area contributed by atoms with E-state index >= 15 is 0 Å². The summed E-state index contributed by atoms with van der Waals surface area (Å²) in [7, 11) is 0. The Morgan fingerprint density at radius 2 is 1.47 bits per heavy atom. The predicted molar refractivity (Wildman–Crippen MR) is 57.7 cm³/mol. The Bertz CT molecular complexity index is 168. The van der Waals surface area contributed by atoms with Gasteiger partial charge in [-0.05, 0) is 0 Å². The molecule has 1 N–H and O–H groups in total. The maximum atomic E-state index is 10.5. The molecule has 0 aromatic carbocycles. The van der Waals surface area contributed by atoms with Crippen LogP contribution in [0.4, 0.5) is 0 Å². The van der Waals surface area contributed by atoms with Gasteiger partial charge in [0, 0.05) is 0 Å². The molecule has 0 atom stereocenters. The second-order valence-corrected chi connectivity index (χ2v) is 8.61. The molecule has 0 aromatic heterocycles. The maximum absolute atomic E-state index is 10.5. The van der Waals surface area contributed by atoms with Gasteiger partial charge in [-0.2, -0.15) is 0 Å². The van der Waals surface area contributed by atoms with E-state index in [9.17, 15) is 4.79 Å². The summed E-state index contributed by atoms with van der Waals surface area (Å²) in [4.78, 5) is 10.5. The van der Waals surface area contributed by atoms with Crippen molar-refractivity contribution in [1.82, 2.24) is 0 Å². The van der Waals surface area contributed by atoms with E-state index < -0.39 is 20.2 Å². The number of carboxylic acids is 1. The van der Waals surface area contributed by atoms with Crippen LogP contribution >= 0.6 is 0 Å². The van der Waals surface area contributed by atoms with Gasteiger partial charge in [-0.1, -0.05) is 0 Å². The fraction of sp³-hybridized carbons (Fsp3) is 0.889. The first-order valence-corrected chi connectivity index (χ1v) is 9.29. The summed E-state index contributed by atoms with van der Waals surface area (Å²) in [6, 6.07) is 0. The molecule has 90 valence electrons. The number of carbonyl (C=O) groups is 1. The molecule has 15 heavy (non-hydrogen) atoms. The average Bonchev–Trinajstić information content (AvgIpc) is 2.16. The number of hydrogen-bond acceptors (Lipinski definition) is 4. The molecule has 0 bridgehead atoms. The second-order valence-electron chi connectivity index (χ2n) is 2.88. The Hall–Kier alpha value is -0.107. The van der Waals surface area contributed by atoms with Crippen molar-refractivity contribution in [2.24, 2.45) is 0 Å². The van der Waals surface area contributed by atoms with Crippen LogP contribution in [0.15, 0.2) is 0 Å². The normalized spacial score (nSPS) is 11.7. The van der Waals surface area contributed by atoms with Crippen LogP contribution in [0.25, 0.3) is 0 Å². The van der Waals surface area contributed by atoms with E-state index in [1.807, 2.05) is 20.8 Å². The first-order valence-electron chi connectivity index (χ1n) is 5.23. The summed E-state index contributed by atoms with van der Waals surface area (Å²) < 4.78 is 16.6. The van der Waals surface area contributed by atoms with Gasteiger partial charge in [0.25, 0.3) is 0 Å². The van der Waals surface area contributed by atoms with Crippen LogP contribution in [0.1, 0.15) is 27.2 Å². The Morgan fingerprint density at radius 1 is 1.07 bits per heavy atom. The molecule has 0 rings (SSSR count). The van der Waals surface area contributed by atoms with Gasteiger partial charge >= 0.3 is 93.7 Å². The van der Waals surface area contributed by atoms with Crippen molar-refractivity contribution in [3.05, 3.63) is 0 Å².